The zero-order chi connectivity index (χ0) is 12.4. The Morgan fingerprint density at radius 2 is 2.06 bits per heavy atom. The number of hydrogen-bond acceptors (Lipinski definition) is 3. The summed E-state index contributed by atoms with van der Waals surface area (Å²) in [5.41, 5.74) is 0.0531. The molecule has 5 nitrogen and oxygen atoms in total. The molecule has 0 unspecified atom stereocenters. The minimum absolute atomic E-state index is 0.000513. The third kappa shape index (κ3) is 11.0. The second kappa shape index (κ2) is 8.13. The molecule has 0 rings (SSSR count). The highest BCUT2D eigenvalue weighted by molar-refractivity contribution is 5.74. The number of carbonyl (C=O) groups is 1. The summed E-state index contributed by atoms with van der Waals surface area (Å²) >= 11 is 0. The maximum absolute atomic E-state index is 11.2. The monoisotopic (exact) mass is 230 g/mol. The molecular weight excluding hydrogens is 208 g/mol. The number of rotatable bonds is 6. The van der Waals surface area contributed by atoms with Crippen molar-refractivity contribution in [2.45, 2.75) is 20.8 Å². The van der Waals surface area contributed by atoms with Gasteiger partial charge in [0.15, 0.2) is 0 Å². The van der Waals surface area contributed by atoms with Crippen molar-refractivity contribution in [2.75, 3.05) is 26.4 Å². The van der Waals surface area contributed by atoms with E-state index in [1.54, 1.807) is 6.20 Å². The SMILES string of the molecule is CC(C)(C)/C=C/NC(=O)NCCOCCO. The van der Waals surface area contributed by atoms with Crippen LogP contribution in [0.4, 0.5) is 4.79 Å². The van der Waals surface area contributed by atoms with E-state index in [-0.39, 0.29) is 18.1 Å². The number of aliphatic hydroxyl groups excluding tert-OH is 1. The lowest BCUT2D eigenvalue weighted by Gasteiger charge is -2.11. The number of carbonyl (C=O) groups excluding carboxylic acids is 1. The van der Waals surface area contributed by atoms with Crippen LogP contribution in [0.3, 0.4) is 0 Å². The molecule has 3 N–H and O–H groups in total. The molecule has 5 heteroatoms. The van der Waals surface area contributed by atoms with Gasteiger partial charge in [0, 0.05) is 12.7 Å². The normalized spacial score (nSPS) is 11.8. The average molecular weight is 230 g/mol. The largest absolute Gasteiger partial charge is 0.394 e. The third-order valence-corrected chi connectivity index (χ3v) is 1.57. The van der Waals surface area contributed by atoms with Gasteiger partial charge in [0.1, 0.15) is 0 Å². The number of nitrogens with one attached hydrogen (secondary N) is 2. The Morgan fingerprint density at radius 3 is 2.62 bits per heavy atom. The molecule has 0 bridgehead atoms. The van der Waals surface area contributed by atoms with Gasteiger partial charge in [-0.3, -0.25) is 0 Å². The molecule has 0 aromatic carbocycles. The molecule has 0 spiro atoms. The molecule has 0 aliphatic carbocycles. The first-order chi connectivity index (χ1) is 7.45. The van der Waals surface area contributed by atoms with E-state index in [0.717, 1.165) is 0 Å². The van der Waals surface area contributed by atoms with Crippen LogP contribution in [0.25, 0.3) is 0 Å². The second-order valence-corrected chi connectivity index (χ2v) is 4.44. The van der Waals surface area contributed by atoms with Crippen LogP contribution in [0.2, 0.25) is 0 Å². The molecule has 0 heterocycles. The molecular formula is C11H22N2O3. The van der Waals surface area contributed by atoms with E-state index in [1.807, 2.05) is 26.8 Å². The van der Waals surface area contributed by atoms with E-state index in [9.17, 15) is 4.79 Å². The van der Waals surface area contributed by atoms with E-state index in [1.165, 1.54) is 0 Å². The van der Waals surface area contributed by atoms with E-state index in [2.05, 4.69) is 10.6 Å². The van der Waals surface area contributed by atoms with Gasteiger partial charge in [-0.15, -0.1) is 0 Å². The summed E-state index contributed by atoms with van der Waals surface area (Å²) in [6.07, 6.45) is 3.54. The predicted octanol–water partition coefficient (Wildman–Crippen LogP) is 0.854. The van der Waals surface area contributed by atoms with E-state index in [0.29, 0.717) is 19.8 Å². The third-order valence-electron chi connectivity index (χ3n) is 1.57. The maximum atomic E-state index is 11.2. The molecule has 16 heavy (non-hydrogen) atoms. The number of ether oxygens (including phenoxy) is 1. The van der Waals surface area contributed by atoms with Crippen LogP contribution < -0.4 is 10.6 Å². The van der Waals surface area contributed by atoms with Crippen LogP contribution in [-0.2, 0) is 4.74 Å². The lowest BCUT2D eigenvalue weighted by Crippen LogP contribution is -2.34. The summed E-state index contributed by atoms with van der Waals surface area (Å²) in [4.78, 5) is 11.2. The Kier molecular flexibility index (Phi) is 7.58. The summed E-state index contributed by atoms with van der Waals surface area (Å²) in [6, 6.07) is -0.256. The van der Waals surface area contributed by atoms with Crippen LogP contribution in [0.15, 0.2) is 12.3 Å². The fraction of sp³-hybridized carbons (Fsp3) is 0.727. The topological polar surface area (TPSA) is 70.6 Å². The van der Waals surface area contributed by atoms with Gasteiger partial charge in [-0.05, 0) is 5.41 Å². The highest BCUT2D eigenvalue weighted by atomic mass is 16.5. The standard InChI is InChI=1S/C11H22N2O3/c1-11(2,3)4-5-12-10(15)13-6-8-16-9-7-14/h4-5,14H,6-9H2,1-3H3,(H2,12,13,15)/b5-4+. The van der Waals surface area contributed by atoms with Crippen LogP contribution >= 0.6 is 0 Å². The number of urea groups is 1. The summed E-state index contributed by atoms with van der Waals surface area (Å²) in [5.74, 6) is 0. The highest BCUT2D eigenvalue weighted by Gasteiger charge is 2.03. The lowest BCUT2D eigenvalue weighted by molar-refractivity contribution is 0.0948. The Labute approximate surface area is 96.9 Å². The Bertz CT molecular complexity index is 222. The zero-order valence-corrected chi connectivity index (χ0v) is 10.2. The lowest BCUT2D eigenvalue weighted by atomic mass is 9.97. The molecule has 0 radical (unpaired) electrons. The number of amides is 2. The van der Waals surface area contributed by atoms with Crippen molar-refractivity contribution in [2.24, 2.45) is 5.41 Å². The first-order valence-corrected chi connectivity index (χ1v) is 5.36. The fourth-order valence-electron chi connectivity index (χ4n) is 0.822. The van der Waals surface area contributed by atoms with Gasteiger partial charge >= 0.3 is 6.03 Å². The van der Waals surface area contributed by atoms with Crippen LogP contribution in [-0.4, -0.2) is 37.5 Å². The van der Waals surface area contributed by atoms with Gasteiger partial charge in [0.2, 0.25) is 0 Å². The van der Waals surface area contributed by atoms with Gasteiger partial charge in [0.05, 0.1) is 19.8 Å². The first-order valence-electron chi connectivity index (χ1n) is 5.36. The molecule has 0 saturated heterocycles. The summed E-state index contributed by atoms with van der Waals surface area (Å²) < 4.78 is 4.98. The molecule has 0 aliphatic heterocycles. The van der Waals surface area contributed by atoms with Crippen LogP contribution in [0.1, 0.15) is 20.8 Å². The molecule has 0 atom stereocenters. The van der Waals surface area contributed by atoms with Gasteiger partial charge in [0.25, 0.3) is 0 Å². The van der Waals surface area contributed by atoms with E-state index in [4.69, 9.17) is 9.84 Å². The van der Waals surface area contributed by atoms with Crippen molar-refractivity contribution in [3.05, 3.63) is 12.3 Å². The fourth-order valence-corrected chi connectivity index (χ4v) is 0.822. The quantitative estimate of drug-likeness (QED) is 0.593. The summed E-state index contributed by atoms with van der Waals surface area (Å²) in [5, 5.41) is 13.6. The number of hydrogen-bond donors (Lipinski definition) is 3. The number of allylic oxidation sites excluding steroid dienone is 1. The molecule has 2 amide bonds. The predicted molar refractivity (Wildman–Crippen MR) is 63.0 cm³/mol. The highest BCUT2D eigenvalue weighted by Crippen LogP contribution is 2.13. The molecule has 0 aliphatic rings. The van der Waals surface area contributed by atoms with Crippen molar-refractivity contribution < 1.29 is 14.6 Å². The van der Waals surface area contributed by atoms with Crippen molar-refractivity contribution in [3.63, 3.8) is 0 Å². The minimum atomic E-state index is -0.256. The molecule has 0 aromatic rings. The smallest absolute Gasteiger partial charge is 0.318 e. The first kappa shape index (κ1) is 14.9. The molecule has 0 fully saturated rings. The Morgan fingerprint density at radius 1 is 1.38 bits per heavy atom. The summed E-state index contributed by atoms with van der Waals surface area (Å²) in [6.45, 7) is 7.27. The van der Waals surface area contributed by atoms with E-state index < -0.39 is 0 Å². The van der Waals surface area contributed by atoms with Crippen molar-refractivity contribution >= 4 is 6.03 Å². The minimum Gasteiger partial charge on any atom is -0.394 e. The zero-order valence-electron chi connectivity index (χ0n) is 10.2. The van der Waals surface area contributed by atoms with Gasteiger partial charge in [-0.2, -0.15) is 0 Å². The number of aliphatic hydroxyl groups is 1. The van der Waals surface area contributed by atoms with Crippen molar-refractivity contribution in [3.8, 4) is 0 Å². The van der Waals surface area contributed by atoms with Crippen molar-refractivity contribution in [1.82, 2.24) is 10.6 Å². The Hall–Kier alpha value is -1.07. The van der Waals surface area contributed by atoms with Gasteiger partial charge in [-0.25, -0.2) is 4.79 Å². The van der Waals surface area contributed by atoms with Crippen molar-refractivity contribution in [1.29, 1.82) is 0 Å². The average Bonchev–Trinajstić information content (AvgIpc) is 2.15. The Balaban J connectivity index is 3.49. The van der Waals surface area contributed by atoms with Crippen LogP contribution in [0, 0.1) is 5.41 Å². The van der Waals surface area contributed by atoms with Crippen LogP contribution in [0.5, 0.6) is 0 Å². The maximum Gasteiger partial charge on any atom is 0.318 e. The molecule has 94 valence electrons. The second-order valence-electron chi connectivity index (χ2n) is 4.44. The van der Waals surface area contributed by atoms with Gasteiger partial charge < -0.3 is 20.5 Å². The van der Waals surface area contributed by atoms with E-state index >= 15 is 0 Å². The summed E-state index contributed by atoms with van der Waals surface area (Å²) in [7, 11) is 0. The molecule has 0 aromatic heterocycles. The van der Waals surface area contributed by atoms with Gasteiger partial charge in [-0.1, -0.05) is 26.8 Å². The molecule has 0 saturated carbocycles.